The van der Waals surface area contributed by atoms with E-state index in [4.69, 9.17) is 14.7 Å². The van der Waals surface area contributed by atoms with Gasteiger partial charge >= 0.3 is 11.9 Å². The van der Waals surface area contributed by atoms with Crippen molar-refractivity contribution in [2.24, 2.45) is 0 Å². The first-order valence-electron chi connectivity index (χ1n) is 13.8. The van der Waals surface area contributed by atoms with Gasteiger partial charge in [-0.05, 0) is 88.9 Å². The summed E-state index contributed by atoms with van der Waals surface area (Å²) in [5, 5.41) is 9.64. The fourth-order valence-electron chi connectivity index (χ4n) is 4.49. The van der Waals surface area contributed by atoms with Crippen molar-refractivity contribution >= 4 is 26.5 Å². The van der Waals surface area contributed by atoms with E-state index in [-0.39, 0.29) is 36.2 Å². The molecular weight excluding hydrogens is 574 g/mol. The zero-order valence-electron chi connectivity index (χ0n) is 23.2. The summed E-state index contributed by atoms with van der Waals surface area (Å²) in [6.45, 7) is 0. The maximum absolute atomic E-state index is 13.9. The molecule has 5 nitrogen and oxygen atoms in total. The van der Waals surface area contributed by atoms with Gasteiger partial charge in [0.1, 0.15) is 40.6 Å². The van der Waals surface area contributed by atoms with Crippen LogP contribution in [0.5, 0.6) is 11.5 Å². The van der Waals surface area contributed by atoms with Crippen molar-refractivity contribution < 1.29 is 32.2 Å². The topological polar surface area (TPSA) is 76.4 Å². The van der Waals surface area contributed by atoms with Gasteiger partial charge in [-0.15, -0.1) is 9.24 Å². The molecule has 0 amide bonds. The molecule has 1 atom stereocenters. The van der Waals surface area contributed by atoms with Crippen LogP contribution in [0.3, 0.4) is 0 Å². The number of carbonyl (C=O) groups is 2. The lowest BCUT2D eigenvalue weighted by atomic mass is 10.0. The lowest BCUT2D eigenvalue weighted by Gasteiger charge is -2.09. The SMILES string of the molecule is N#Cc1c(F)cc(-c2ccc(OC(=O)CCCCCCCC(=O)Oc3ccc(-c4ccc(F)cc4)c(P)c3)cc2)cc1F. The van der Waals surface area contributed by atoms with Crippen molar-refractivity contribution in [3.8, 4) is 39.8 Å². The van der Waals surface area contributed by atoms with Crippen LogP contribution < -0.4 is 14.8 Å². The minimum absolute atomic E-state index is 0.237. The molecule has 0 aliphatic rings. The second-order valence-corrected chi connectivity index (χ2v) is 10.5. The maximum atomic E-state index is 13.9. The average Bonchev–Trinajstić information content (AvgIpc) is 2.97. The number of ether oxygens (including phenoxy) is 2. The van der Waals surface area contributed by atoms with E-state index in [9.17, 15) is 22.8 Å². The maximum Gasteiger partial charge on any atom is 0.311 e. The van der Waals surface area contributed by atoms with Crippen molar-refractivity contribution in [3.05, 3.63) is 102 Å². The fourth-order valence-corrected chi connectivity index (χ4v) is 4.92. The molecule has 4 rings (SSSR count). The average molecular weight is 604 g/mol. The van der Waals surface area contributed by atoms with Gasteiger partial charge in [-0.1, -0.05) is 49.6 Å². The molecular formula is C34H29F3NO4P. The number of nitrogens with zero attached hydrogens (tertiary/aromatic N) is 1. The molecule has 0 fully saturated rings. The monoisotopic (exact) mass is 603 g/mol. The molecule has 0 spiro atoms. The molecule has 4 aromatic rings. The Hall–Kier alpha value is -4.47. The van der Waals surface area contributed by atoms with Gasteiger partial charge in [-0.3, -0.25) is 9.59 Å². The minimum atomic E-state index is -0.937. The third-order valence-electron chi connectivity index (χ3n) is 6.74. The zero-order chi connectivity index (χ0) is 30.8. The Labute approximate surface area is 250 Å². The first-order valence-corrected chi connectivity index (χ1v) is 14.4. The highest BCUT2D eigenvalue weighted by atomic mass is 31.0. The molecule has 1 unspecified atom stereocenters. The number of rotatable bonds is 12. The van der Waals surface area contributed by atoms with Gasteiger partial charge in [0.05, 0.1) is 0 Å². The normalized spacial score (nSPS) is 10.7. The molecule has 0 N–H and O–H groups in total. The summed E-state index contributed by atoms with van der Waals surface area (Å²) in [7, 11) is 2.61. The van der Waals surface area contributed by atoms with Gasteiger partial charge in [-0.25, -0.2) is 13.2 Å². The quantitative estimate of drug-likeness (QED) is 0.0709. The van der Waals surface area contributed by atoms with E-state index < -0.39 is 17.2 Å². The van der Waals surface area contributed by atoms with E-state index in [2.05, 4.69) is 9.24 Å². The summed E-state index contributed by atoms with van der Waals surface area (Å²) in [6, 6.07) is 21.4. The van der Waals surface area contributed by atoms with E-state index in [1.165, 1.54) is 18.2 Å². The minimum Gasteiger partial charge on any atom is -0.427 e. The predicted molar refractivity (Wildman–Crippen MR) is 161 cm³/mol. The van der Waals surface area contributed by atoms with Gasteiger partial charge in [-0.2, -0.15) is 5.26 Å². The highest BCUT2D eigenvalue weighted by Gasteiger charge is 2.13. The molecule has 220 valence electrons. The van der Waals surface area contributed by atoms with Crippen LogP contribution in [0.25, 0.3) is 22.3 Å². The standard InChI is InChI=1S/C34H29F3NO4P/c35-25-12-8-23(9-13-25)28-17-16-27(20-32(28)43)42-34(40)7-5-3-1-2-4-6-33(39)41-26-14-10-22(11-15-26)24-18-30(36)29(21-38)31(37)19-24/h8-20H,1-7,43H2. The Bertz CT molecular complexity index is 1610. The van der Waals surface area contributed by atoms with E-state index in [0.29, 0.717) is 29.9 Å². The third-order valence-corrected chi connectivity index (χ3v) is 7.22. The first kappa shape index (κ1) is 31.5. The lowest BCUT2D eigenvalue weighted by Crippen LogP contribution is -2.09. The number of benzene rings is 4. The van der Waals surface area contributed by atoms with Crippen LogP contribution >= 0.6 is 9.24 Å². The Morgan fingerprint density at radius 1 is 0.651 bits per heavy atom. The van der Waals surface area contributed by atoms with Gasteiger partial charge in [0.2, 0.25) is 0 Å². The Balaban J connectivity index is 1.11. The molecule has 0 saturated carbocycles. The summed E-state index contributed by atoms with van der Waals surface area (Å²) in [6.07, 6.45) is 4.31. The Morgan fingerprint density at radius 3 is 1.72 bits per heavy atom. The van der Waals surface area contributed by atoms with Crippen LogP contribution in [-0.2, 0) is 9.59 Å². The molecule has 0 saturated heterocycles. The molecule has 0 bridgehead atoms. The molecule has 0 radical (unpaired) electrons. The smallest absolute Gasteiger partial charge is 0.311 e. The van der Waals surface area contributed by atoms with Crippen LogP contribution in [-0.4, -0.2) is 11.9 Å². The van der Waals surface area contributed by atoms with Gasteiger partial charge in [0, 0.05) is 12.8 Å². The lowest BCUT2D eigenvalue weighted by molar-refractivity contribution is -0.135. The van der Waals surface area contributed by atoms with Crippen molar-refractivity contribution in [2.75, 3.05) is 0 Å². The number of carbonyl (C=O) groups excluding carboxylic acids is 2. The van der Waals surface area contributed by atoms with Crippen molar-refractivity contribution in [1.82, 2.24) is 0 Å². The number of hydrogen-bond donors (Lipinski definition) is 0. The van der Waals surface area contributed by atoms with Gasteiger partial charge in [0.25, 0.3) is 0 Å². The third kappa shape index (κ3) is 9.01. The summed E-state index contributed by atoms with van der Waals surface area (Å²) in [4.78, 5) is 24.4. The van der Waals surface area contributed by atoms with Crippen molar-refractivity contribution in [1.29, 1.82) is 5.26 Å². The Morgan fingerprint density at radius 2 is 1.16 bits per heavy atom. The molecule has 0 aliphatic carbocycles. The largest absolute Gasteiger partial charge is 0.427 e. The molecule has 0 aliphatic heterocycles. The number of esters is 2. The highest BCUT2D eigenvalue weighted by Crippen LogP contribution is 2.27. The van der Waals surface area contributed by atoms with Gasteiger partial charge < -0.3 is 9.47 Å². The van der Waals surface area contributed by atoms with Crippen LogP contribution in [0.1, 0.15) is 50.5 Å². The number of halogens is 3. The van der Waals surface area contributed by atoms with Crippen molar-refractivity contribution in [2.45, 2.75) is 44.9 Å². The van der Waals surface area contributed by atoms with E-state index in [0.717, 1.165) is 47.8 Å². The summed E-state index contributed by atoms with van der Waals surface area (Å²) in [5.74, 6) is -2.11. The second kappa shape index (κ2) is 15.1. The number of nitriles is 1. The number of unbranched alkanes of at least 4 members (excludes halogenated alkanes) is 4. The molecule has 43 heavy (non-hydrogen) atoms. The first-order chi connectivity index (χ1) is 20.7. The molecule has 4 aromatic carbocycles. The highest BCUT2D eigenvalue weighted by molar-refractivity contribution is 7.28. The van der Waals surface area contributed by atoms with E-state index in [1.54, 1.807) is 48.5 Å². The van der Waals surface area contributed by atoms with Crippen LogP contribution in [0.2, 0.25) is 0 Å². The summed E-state index contributed by atoms with van der Waals surface area (Å²) < 4.78 is 51.8. The summed E-state index contributed by atoms with van der Waals surface area (Å²) >= 11 is 0. The molecule has 9 heteroatoms. The molecule has 0 aromatic heterocycles. The van der Waals surface area contributed by atoms with Crippen molar-refractivity contribution in [3.63, 3.8) is 0 Å². The number of hydrogen-bond acceptors (Lipinski definition) is 5. The van der Waals surface area contributed by atoms with Crippen LogP contribution in [0.4, 0.5) is 13.2 Å². The van der Waals surface area contributed by atoms with Crippen LogP contribution in [0, 0.1) is 28.8 Å². The van der Waals surface area contributed by atoms with Gasteiger partial charge in [0.15, 0.2) is 0 Å². The van der Waals surface area contributed by atoms with E-state index in [1.807, 2.05) is 6.07 Å². The second-order valence-electron chi connectivity index (χ2n) is 9.92. The molecule has 0 heterocycles. The zero-order valence-corrected chi connectivity index (χ0v) is 24.4. The Kier molecular flexibility index (Phi) is 11.1. The summed E-state index contributed by atoms with van der Waals surface area (Å²) in [5.41, 5.74) is 1.92. The predicted octanol–water partition coefficient (Wildman–Crippen LogP) is 8.05. The fraction of sp³-hybridized carbons (Fsp3) is 0.206. The van der Waals surface area contributed by atoms with Crippen LogP contribution in [0.15, 0.2) is 78.9 Å². The van der Waals surface area contributed by atoms with E-state index >= 15 is 0 Å².